The van der Waals surface area contributed by atoms with Crippen LogP contribution in [0.2, 0.25) is 0 Å². The average Bonchev–Trinajstić information content (AvgIpc) is 2.31. The Morgan fingerprint density at radius 2 is 2.11 bits per heavy atom. The first kappa shape index (κ1) is 14.0. The number of hydrogen-bond donors (Lipinski definition) is 4. The van der Waals surface area contributed by atoms with Crippen LogP contribution in [0, 0.1) is 5.92 Å². The molecule has 5 N–H and O–H groups in total. The molecular weight excluding hydrogens is 236 g/mol. The van der Waals surface area contributed by atoms with Crippen molar-refractivity contribution >= 4 is 17.6 Å². The van der Waals surface area contributed by atoms with Crippen molar-refractivity contribution in [3.05, 3.63) is 23.8 Å². The maximum absolute atomic E-state index is 11.7. The number of nitrogens with two attached hydrogens (primary N) is 1. The SMILES string of the molecule is CC(CCN)C(=O)Nc1ccc(O)cc1C(=O)O. The molecule has 0 heterocycles. The summed E-state index contributed by atoms with van der Waals surface area (Å²) in [4.78, 5) is 22.7. The molecule has 1 aromatic carbocycles. The second-order valence-corrected chi connectivity index (χ2v) is 4.00. The highest BCUT2D eigenvalue weighted by Gasteiger charge is 2.16. The molecule has 1 atom stereocenters. The summed E-state index contributed by atoms with van der Waals surface area (Å²) in [7, 11) is 0. The zero-order valence-corrected chi connectivity index (χ0v) is 10.0. The van der Waals surface area contributed by atoms with Gasteiger partial charge in [-0.15, -0.1) is 0 Å². The number of carbonyl (C=O) groups is 2. The van der Waals surface area contributed by atoms with Gasteiger partial charge in [0.05, 0.1) is 11.3 Å². The molecule has 0 aliphatic heterocycles. The van der Waals surface area contributed by atoms with Crippen molar-refractivity contribution in [2.24, 2.45) is 11.7 Å². The lowest BCUT2D eigenvalue weighted by molar-refractivity contribution is -0.119. The number of aromatic carboxylic acids is 1. The predicted molar refractivity (Wildman–Crippen MR) is 66.5 cm³/mol. The van der Waals surface area contributed by atoms with Crippen molar-refractivity contribution < 1.29 is 19.8 Å². The summed E-state index contributed by atoms with van der Waals surface area (Å²) in [5.74, 6) is -1.98. The van der Waals surface area contributed by atoms with Crippen LogP contribution in [0.5, 0.6) is 5.75 Å². The van der Waals surface area contributed by atoms with Crippen molar-refractivity contribution in [3.63, 3.8) is 0 Å². The average molecular weight is 252 g/mol. The Morgan fingerprint density at radius 1 is 1.44 bits per heavy atom. The molecule has 0 radical (unpaired) electrons. The van der Waals surface area contributed by atoms with E-state index in [9.17, 15) is 14.7 Å². The first-order chi connectivity index (χ1) is 8.45. The summed E-state index contributed by atoms with van der Waals surface area (Å²) in [5.41, 5.74) is 5.36. The highest BCUT2D eigenvalue weighted by atomic mass is 16.4. The Balaban J connectivity index is 2.90. The maximum Gasteiger partial charge on any atom is 0.337 e. The third-order valence-electron chi connectivity index (χ3n) is 2.54. The van der Waals surface area contributed by atoms with Gasteiger partial charge in [-0.3, -0.25) is 4.79 Å². The number of anilines is 1. The van der Waals surface area contributed by atoms with Gasteiger partial charge < -0.3 is 21.3 Å². The van der Waals surface area contributed by atoms with Crippen molar-refractivity contribution in [1.29, 1.82) is 0 Å². The lowest BCUT2D eigenvalue weighted by Crippen LogP contribution is -2.23. The Hall–Kier alpha value is -2.08. The van der Waals surface area contributed by atoms with Crippen molar-refractivity contribution in [2.45, 2.75) is 13.3 Å². The molecule has 0 saturated heterocycles. The van der Waals surface area contributed by atoms with Crippen molar-refractivity contribution in [2.75, 3.05) is 11.9 Å². The minimum atomic E-state index is -1.22. The Bertz CT molecular complexity index is 459. The van der Waals surface area contributed by atoms with Gasteiger partial charge in [-0.25, -0.2) is 4.79 Å². The van der Waals surface area contributed by atoms with Crippen LogP contribution >= 0.6 is 0 Å². The quantitative estimate of drug-likeness (QED) is 0.584. The highest BCUT2D eigenvalue weighted by Crippen LogP contribution is 2.22. The van der Waals surface area contributed by atoms with E-state index in [0.717, 1.165) is 6.07 Å². The number of aromatic hydroxyl groups is 1. The van der Waals surface area contributed by atoms with Gasteiger partial charge in [0, 0.05) is 5.92 Å². The van der Waals surface area contributed by atoms with Crippen LogP contribution in [0.15, 0.2) is 18.2 Å². The van der Waals surface area contributed by atoms with Gasteiger partial charge in [-0.1, -0.05) is 6.92 Å². The summed E-state index contributed by atoms with van der Waals surface area (Å²) >= 11 is 0. The molecule has 6 nitrogen and oxygen atoms in total. The molecule has 1 aromatic rings. The fraction of sp³-hybridized carbons (Fsp3) is 0.333. The van der Waals surface area contributed by atoms with Crippen LogP contribution in [0.4, 0.5) is 5.69 Å². The van der Waals surface area contributed by atoms with E-state index in [2.05, 4.69) is 5.32 Å². The normalized spacial score (nSPS) is 11.9. The zero-order chi connectivity index (χ0) is 13.7. The van der Waals surface area contributed by atoms with Crippen LogP contribution in [-0.2, 0) is 4.79 Å². The number of rotatable bonds is 5. The maximum atomic E-state index is 11.7. The van der Waals surface area contributed by atoms with Gasteiger partial charge in [-0.2, -0.15) is 0 Å². The first-order valence-corrected chi connectivity index (χ1v) is 5.53. The summed E-state index contributed by atoms with van der Waals surface area (Å²) in [5, 5.41) is 20.7. The van der Waals surface area contributed by atoms with Crippen LogP contribution in [0.25, 0.3) is 0 Å². The molecule has 0 spiro atoms. The van der Waals surface area contributed by atoms with Crippen molar-refractivity contribution in [1.82, 2.24) is 0 Å². The second kappa shape index (κ2) is 6.02. The molecule has 0 fully saturated rings. The molecule has 98 valence electrons. The number of benzene rings is 1. The molecule has 1 rings (SSSR count). The third kappa shape index (κ3) is 3.46. The Kier molecular flexibility index (Phi) is 4.67. The molecule has 0 saturated carbocycles. The summed E-state index contributed by atoms with van der Waals surface area (Å²) in [6, 6.07) is 3.76. The van der Waals surface area contributed by atoms with E-state index >= 15 is 0 Å². The smallest absolute Gasteiger partial charge is 0.337 e. The molecular formula is C12H16N2O4. The summed E-state index contributed by atoms with van der Waals surface area (Å²) in [6.07, 6.45) is 0.520. The Labute approximate surface area is 104 Å². The van der Waals surface area contributed by atoms with Gasteiger partial charge in [0.25, 0.3) is 0 Å². The van der Waals surface area contributed by atoms with E-state index in [-0.39, 0.29) is 28.8 Å². The van der Waals surface area contributed by atoms with E-state index in [4.69, 9.17) is 10.8 Å². The predicted octanol–water partition coefficient (Wildman–Crippen LogP) is 1.01. The molecule has 0 aromatic heterocycles. The number of amides is 1. The number of nitrogens with one attached hydrogen (secondary N) is 1. The van der Waals surface area contributed by atoms with Gasteiger partial charge in [0.2, 0.25) is 5.91 Å². The zero-order valence-electron chi connectivity index (χ0n) is 10.0. The summed E-state index contributed by atoms with van der Waals surface area (Å²) in [6.45, 7) is 2.10. The van der Waals surface area contributed by atoms with Crippen LogP contribution in [-0.4, -0.2) is 28.6 Å². The monoisotopic (exact) mass is 252 g/mol. The molecule has 0 bridgehead atoms. The van der Waals surface area contributed by atoms with E-state index in [1.165, 1.54) is 12.1 Å². The summed E-state index contributed by atoms with van der Waals surface area (Å²) < 4.78 is 0. The van der Waals surface area contributed by atoms with Crippen LogP contribution in [0.3, 0.4) is 0 Å². The minimum absolute atomic E-state index is 0.150. The molecule has 0 aliphatic carbocycles. The lowest BCUT2D eigenvalue weighted by atomic mass is 10.1. The molecule has 0 aliphatic rings. The minimum Gasteiger partial charge on any atom is -0.508 e. The van der Waals surface area contributed by atoms with Gasteiger partial charge >= 0.3 is 5.97 Å². The van der Waals surface area contributed by atoms with E-state index in [0.29, 0.717) is 13.0 Å². The van der Waals surface area contributed by atoms with Gasteiger partial charge in [0.1, 0.15) is 5.75 Å². The fourth-order valence-electron chi connectivity index (χ4n) is 1.46. The number of carboxylic acids is 1. The lowest BCUT2D eigenvalue weighted by Gasteiger charge is -2.13. The number of phenolic OH excluding ortho intramolecular Hbond substituents is 1. The van der Waals surface area contributed by atoms with E-state index < -0.39 is 5.97 Å². The topological polar surface area (TPSA) is 113 Å². The number of phenols is 1. The van der Waals surface area contributed by atoms with Crippen molar-refractivity contribution in [3.8, 4) is 5.75 Å². The third-order valence-corrected chi connectivity index (χ3v) is 2.54. The van der Waals surface area contributed by atoms with Gasteiger partial charge in [-0.05, 0) is 31.2 Å². The molecule has 6 heteroatoms. The van der Waals surface area contributed by atoms with Crippen LogP contribution < -0.4 is 11.1 Å². The van der Waals surface area contributed by atoms with E-state index in [1.807, 2.05) is 0 Å². The largest absolute Gasteiger partial charge is 0.508 e. The van der Waals surface area contributed by atoms with E-state index in [1.54, 1.807) is 6.92 Å². The highest BCUT2D eigenvalue weighted by molar-refractivity contribution is 6.01. The Morgan fingerprint density at radius 3 is 2.67 bits per heavy atom. The molecule has 1 amide bonds. The van der Waals surface area contributed by atoms with Crippen LogP contribution in [0.1, 0.15) is 23.7 Å². The molecule has 1 unspecified atom stereocenters. The fourth-order valence-corrected chi connectivity index (χ4v) is 1.46. The molecule has 18 heavy (non-hydrogen) atoms. The number of carboxylic acid groups (broad SMARTS) is 1. The number of hydrogen-bond acceptors (Lipinski definition) is 4. The van der Waals surface area contributed by atoms with Gasteiger partial charge in [0.15, 0.2) is 0 Å². The number of carbonyl (C=O) groups excluding carboxylic acids is 1. The first-order valence-electron chi connectivity index (χ1n) is 5.53. The second-order valence-electron chi connectivity index (χ2n) is 4.00. The standard InChI is InChI=1S/C12H16N2O4/c1-7(4-5-13)11(16)14-10-3-2-8(15)6-9(10)12(17)18/h2-3,6-7,15H,4-5,13H2,1H3,(H,14,16)(H,17,18).